The molecule has 5 heteroatoms. The van der Waals surface area contributed by atoms with Crippen LogP contribution in [0, 0.1) is 10.1 Å². The summed E-state index contributed by atoms with van der Waals surface area (Å²) in [5, 5.41) is 14.2. The van der Waals surface area contributed by atoms with Crippen LogP contribution in [0.2, 0.25) is 0 Å². The van der Waals surface area contributed by atoms with Gasteiger partial charge in [0.25, 0.3) is 0 Å². The lowest BCUT2D eigenvalue weighted by Crippen LogP contribution is -2.04. The molecule has 0 atom stereocenters. The van der Waals surface area contributed by atoms with E-state index in [-0.39, 0.29) is 5.82 Å². The molecule has 0 bridgehead atoms. The van der Waals surface area contributed by atoms with Gasteiger partial charge >= 0.3 is 5.82 Å². The van der Waals surface area contributed by atoms with Crippen molar-refractivity contribution in [2.45, 2.75) is 13.5 Å². The highest BCUT2D eigenvalue weighted by Crippen LogP contribution is 2.10. The molecule has 0 spiro atoms. The van der Waals surface area contributed by atoms with Crippen molar-refractivity contribution in [3.63, 3.8) is 0 Å². The average Bonchev–Trinajstić information content (AvgIpc) is 2.33. The predicted octanol–water partition coefficient (Wildman–Crippen LogP) is 1.37. The lowest BCUT2D eigenvalue weighted by atomic mass is 10.3. The van der Waals surface area contributed by atoms with Crippen molar-refractivity contribution >= 4 is 5.82 Å². The Hall–Kier alpha value is -1.65. The van der Waals surface area contributed by atoms with Crippen LogP contribution in [0.5, 0.6) is 0 Å². The molecule has 64 valence electrons. The molecule has 12 heavy (non-hydrogen) atoms. The van der Waals surface area contributed by atoms with Gasteiger partial charge in [-0.1, -0.05) is 11.7 Å². The Morgan fingerprint density at radius 1 is 1.92 bits per heavy atom. The van der Waals surface area contributed by atoms with Gasteiger partial charge in [-0.3, -0.25) is 0 Å². The summed E-state index contributed by atoms with van der Waals surface area (Å²) < 4.78 is 1.31. The number of nitrogens with zero attached hydrogens (tertiary/aromatic N) is 3. The summed E-state index contributed by atoms with van der Waals surface area (Å²) in [6.45, 7) is 5.84. The molecule has 0 saturated carbocycles. The Morgan fingerprint density at radius 2 is 2.58 bits per heavy atom. The highest BCUT2D eigenvalue weighted by atomic mass is 16.6. The minimum atomic E-state index is -0.462. The SMILES string of the molecule is C=C(C)Cn1nccc1[N+](=O)[O-]. The Labute approximate surface area is 69.5 Å². The van der Waals surface area contributed by atoms with Crippen molar-refractivity contribution in [1.29, 1.82) is 0 Å². The molecular formula is C7H9N3O2. The first kappa shape index (κ1) is 8.45. The van der Waals surface area contributed by atoms with Gasteiger partial charge in [-0.2, -0.15) is 0 Å². The number of nitro groups is 1. The molecule has 0 radical (unpaired) electrons. The van der Waals surface area contributed by atoms with Gasteiger partial charge in [-0.25, -0.2) is 0 Å². The van der Waals surface area contributed by atoms with Crippen molar-refractivity contribution in [1.82, 2.24) is 9.78 Å². The molecule has 0 amide bonds. The quantitative estimate of drug-likeness (QED) is 0.388. The zero-order chi connectivity index (χ0) is 9.14. The predicted molar refractivity (Wildman–Crippen MR) is 43.7 cm³/mol. The summed E-state index contributed by atoms with van der Waals surface area (Å²) in [4.78, 5) is 9.92. The summed E-state index contributed by atoms with van der Waals surface area (Å²) in [6, 6.07) is 1.36. The topological polar surface area (TPSA) is 61.0 Å². The van der Waals surface area contributed by atoms with Gasteiger partial charge < -0.3 is 10.1 Å². The van der Waals surface area contributed by atoms with Crippen molar-refractivity contribution in [3.8, 4) is 0 Å². The molecule has 0 fully saturated rings. The summed E-state index contributed by atoms with van der Waals surface area (Å²) in [5.74, 6) is -0.00185. The van der Waals surface area contributed by atoms with E-state index < -0.39 is 4.92 Å². The summed E-state index contributed by atoms with van der Waals surface area (Å²) in [7, 11) is 0. The van der Waals surface area contributed by atoms with E-state index in [2.05, 4.69) is 11.7 Å². The second kappa shape index (κ2) is 3.17. The molecule has 0 unspecified atom stereocenters. The third-order valence-electron chi connectivity index (χ3n) is 1.30. The second-order valence-corrected chi connectivity index (χ2v) is 2.56. The Bertz CT molecular complexity index is 316. The fraction of sp³-hybridized carbons (Fsp3) is 0.286. The van der Waals surface area contributed by atoms with Crippen molar-refractivity contribution in [2.24, 2.45) is 0 Å². The van der Waals surface area contributed by atoms with Crippen molar-refractivity contribution < 1.29 is 4.92 Å². The Balaban J connectivity index is 2.91. The van der Waals surface area contributed by atoms with E-state index in [0.29, 0.717) is 6.54 Å². The summed E-state index contributed by atoms with van der Waals surface area (Å²) >= 11 is 0. The first-order valence-electron chi connectivity index (χ1n) is 3.42. The van der Waals surface area contributed by atoms with E-state index in [1.54, 1.807) is 6.92 Å². The number of allylic oxidation sites excluding steroid dienone is 1. The summed E-state index contributed by atoms with van der Waals surface area (Å²) in [5.41, 5.74) is 0.835. The van der Waals surface area contributed by atoms with E-state index in [1.807, 2.05) is 0 Å². The van der Waals surface area contributed by atoms with Gasteiger partial charge in [0.15, 0.2) is 0 Å². The fourth-order valence-electron chi connectivity index (χ4n) is 0.858. The maximum Gasteiger partial charge on any atom is 0.345 e. The van der Waals surface area contributed by atoms with Gasteiger partial charge in [0.1, 0.15) is 6.54 Å². The normalized spacial score (nSPS) is 9.75. The van der Waals surface area contributed by atoms with Crippen LogP contribution in [0.4, 0.5) is 5.82 Å². The molecule has 5 nitrogen and oxygen atoms in total. The van der Waals surface area contributed by atoms with Crippen molar-refractivity contribution in [2.75, 3.05) is 0 Å². The fourth-order valence-corrected chi connectivity index (χ4v) is 0.858. The number of aromatic nitrogens is 2. The first-order valence-corrected chi connectivity index (χ1v) is 3.42. The van der Waals surface area contributed by atoms with Gasteiger partial charge in [0.05, 0.1) is 12.3 Å². The molecule has 0 N–H and O–H groups in total. The highest BCUT2D eigenvalue weighted by molar-refractivity contribution is 5.17. The van der Waals surface area contributed by atoms with Gasteiger partial charge in [0, 0.05) is 0 Å². The van der Waals surface area contributed by atoms with Crippen LogP contribution in [0.25, 0.3) is 0 Å². The zero-order valence-electron chi connectivity index (χ0n) is 6.73. The molecule has 1 aromatic rings. The van der Waals surface area contributed by atoms with Gasteiger partial charge in [0.2, 0.25) is 0 Å². The molecule has 1 rings (SSSR count). The van der Waals surface area contributed by atoms with E-state index in [1.165, 1.54) is 16.9 Å². The maximum absolute atomic E-state index is 10.4. The zero-order valence-corrected chi connectivity index (χ0v) is 6.73. The van der Waals surface area contributed by atoms with Crippen LogP contribution < -0.4 is 0 Å². The minimum absolute atomic E-state index is 0.00185. The van der Waals surface area contributed by atoms with Crippen LogP contribution in [0.15, 0.2) is 24.4 Å². The first-order chi connectivity index (χ1) is 5.61. The molecule has 0 saturated heterocycles. The average molecular weight is 167 g/mol. The molecule has 0 aromatic carbocycles. The van der Waals surface area contributed by atoms with Crippen LogP contribution in [-0.2, 0) is 6.54 Å². The van der Waals surface area contributed by atoms with Crippen LogP contribution in [-0.4, -0.2) is 14.7 Å². The standard InChI is InChI=1S/C7H9N3O2/c1-6(2)5-9-7(10(11)12)3-4-8-9/h3-4H,1,5H2,2H3. The molecule has 1 heterocycles. The Morgan fingerprint density at radius 3 is 3.08 bits per heavy atom. The largest absolute Gasteiger partial charge is 0.358 e. The highest BCUT2D eigenvalue weighted by Gasteiger charge is 2.12. The van der Waals surface area contributed by atoms with Crippen LogP contribution >= 0.6 is 0 Å². The molecule has 0 aliphatic rings. The maximum atomic E-state index is 10.4. The van der Waals surface area contributed by atoms with E-state index in [9.17, 15) is 10.1 Å². The minimum Gasteiger partial charge on any atom is -0.358 e. The lowest BCUT2D eigenvalue weighted by Gasteiger charge is -1.97. The van der Waals surface area contributed by atoms with Crippen LogP contribution in [0.1, 0.15) is 6.92 Å². The molecule has 0 aliphatic carbocycles. The number of rotatable bonds is 3. The third-order valence-corrected chi connectivity index (χ3v) is 1.30. The molecule has 0 aliphatic heterocycles. The molecular weight excluding hydrogens is 158 g/mol. The van der Waals surface area contributed by atoms with Gasteiger partial charge in [-0.15, -0.1) is 4.68 Å². The second-order valence-electron chi connectivity index (χ2n) is 2.56. The number of hydrogen-bond donors (Lipinski definition) is 0. The third kappa shape index (κ3) is 1.69. The smallest absolute Gasteiger partial charge is 0.345 e. The van der Waals surface area contributed by atoms with E-state index in [4.69, 9.17) is 0 Å². The molecule has 1 aromatic heterocycles. The Kier molecular flexibility index (Phi) is 2.23. The lowest BCUT2D eigenvalue weighted by molar-refractivity contribution is -0.392. The summed E-state index contributed by atoms with van der Waals surface area (Å²) in [6.07, 6.45) is 1.40. The van der Waals surface area contributed by atoms with E-state index >= 15 is 0 Å². The van der Waals surface area contributed by atoms with Crippen LogP contribution in [0.3, 0.4) is 0 Å². The monoisotopic (exact) mass is 167 g/mol. The van der Waals surface area contributed by atoms with E-state index in [0.717, 1.165) is 5.57 Å². The number of hydrogen-bond acceptors (Lipinski definition) is 3. The van der Waals surface area contributed by atoms with Crippen molar-refractivity contribution in [3.05, 3.63) is 34.5 Å². The van der Waals surface area contributed by atoms with Gasteiger partial charge in [-0.05, 0) is 17.4 Å².